The highest BCUT2D eigenvalue weighted by Crippen LogP contribution is 2.48. The number of carbonyl (C=O) groups is 1. The first-order valence-electron chi connectivity index (χ1n) is 13.6. The van der Waals surface area contributed by atoms with E-state index in [-0.39, 0.29) is 19.1 Å². The number of anilines is 3. The first kappa shape index (κ1) is 31.5. The van der Waals surface area contributed by atoms with E-state index in [9.17, 15) is 17.8 Å². The van der Waals surface area contributed by atoms with Crippen molar-refractivity contribution in [2.45, 2.75) is 13.8 Å². The zero-order chi connectivity index (χ0) is 30.5. The number of nitrogens with one attached hydrogen (secondary N) is 2. The second-order valence-corrected chi connectivity index (χ2v) is 13.9. The third-order valence-corrected chi connectivity index (χ3v) is 9.85. The first-order chi connectivity index (χ1) is 20.0. The standard InChI is InChI=1S/C30H37N4O6PS/c1-6-39-41(36,40-7-2)25-17-18-27-26(21-25)28(30(35)32-27)29(22-11-9-8-10-12-22)31-23-13-15-24(16-14-23)34(42(5,37)38)20-19-33(3)4/h8-18,21,31H,6-7,19-20H2,1-5H3,(H,32,35)/b29-28-. The van der Waals surface area contributed by atoms with E-state index in [1.165, 1.54) is 10.6 Å². The molecule has 0 bridgehead atoms. The maximum Gasteiger partial charge on any atom is 0.361 e. The van der Waals surface area contributed by atoms with Gasteiger partial charge >= 0.3 is 7.60 Å². The van der Waals surface area contributed by atoms with Crippen LogP contribution in [0.1, 0.15) is 25.0 Å². The third kappa shape index (κ3) is 7.11. The van der Waals surface area contributed by atoms with Crippen LogP contribution < -0.4 is 20.2 Å². The van der Waals surface area contributed by atoms with Crippen LogP contribution in [0.5, 0.6) is 0 Å². The number of hydrogen-bond donors (Lipinski definition) is 2. The summed E-state index contributed by atoms with van der Waals surface area (Å²) in [7, 11) is -3.31. The number of benzene rings is 3. The number of carbonyl (C=O) groups excluding carboxylic acids is 1. The van der Waals surface area contributed by atoms with E-state index in [1.54, 1.807) is 56.3 Å². The van der Waals surface area contributed by atoms with Crippen LogP contribution in [0.4, 0.5) is 17.1 Å². The summed E-state index contributed by atoms with van der Waals surface area (Å²) in [6.45, 7) is 4.77. The van der Waals surface area contributed by atoms with Crippen molar-refractivity contribution in [3.63, 3.8) is 0 Å². The SMILES string of the molecule is CCOP(=O)(OCC)c1ccc2c(c1)/C(=C(/Nc1ccc(N(CCN(C)C)S(C)(=O)=O)cc1)c1ccccc1)C(=O)N2. The normalized spacial score (nSPS) is 14.5. The Bertz CT molecular complexity index is 1600. The Morgan fingerprint density at radius 3 is 2.14 bits per heavy atom. The average Bonchev–Trinajstić information content (AvgIpc) is 3.27. The van der Waals surface area contributed by atoms with Crippen molar-refractivity contribution in [2.75, 3.05) is 61.6 Å². The molecule has 12 heteroatoms. The third-order valence-electron chi connectivity index (χ3n) is 6.55. The Hall–Kier alpha value is -3.47. The Morgan fingerprint density at radius 1 is 0.929 bits per heavy atom. The van der Waals surface area contributed by atoms with Crippen molar-refractivity contribution < 1.29 is 26.8 Å². The van der Waals surface area contributed by atoms with E-state index < -0.39 is 17.6 Å². The lowest BCUT2D eigenvalue weighted by molar-refractivity contribution is -0.110. The maximum absolute atomic E-state index is 13.5. The number of likely N-dealkylation sites (N-methyl/N-ethyl adjacent to an activating group) is 1. The van der Waals surface area contributed by atoms with Gasteiger partial charge in [0, 0.05) is 30.0 Å². The summed E-state index contributed by atoms with van der Waals surface area (Å²) in [5, 5.41) is 6.64. The topological polar surface area (TPSA) is 117 Å². The fourth-order valence-electron chi connectivity index (χ4n) is 4.62. The molecule has 0 aromatic heterocycles. The Morgan fingerprint density at radius 2 is 1.57 bits per heavy atom. The fraction of sp³-hybridized carbons (Fsp3) is 0.300. The highest BCUT2D eigenvalue weighted by molar-refractivity contribution is 7.92. The van der Waals surface area contributed by atoms with Crippen molar-refractivity contribution in [1.82, 2.24) is 4.90 Å². The molecule has 0 saturated carbocycles. The van der Waals surface area contributed by atoms with Gasteiger partial charge in [0.2, 0.25) is 10.0 Å². The van der Waals surface area contributed by atoms with Gasteiger partial charge in [-0.25, -0.2) is 8.42 Å². The molecule has 0 fully saturated rings. The molecule has 224 valence electrons. The lowest BCUT2D eigenvalue weighted by Gasteiger charge is -2.24. The summed E-state index contributed by atoms with van der Waals surface area (Å²) in [6, 6.07) is 21.4. The van der Waals surface area contributed by atoms with Gasteiger partial charge in [-0.2, -0.15) is 0 Å². The number of fused-ring (bicyclic) bond motifs is 1. The molecule has 0 spiro atoms. The van der Waals surface area contributed by atoms with Gasteiger partial charge < -0.3 is 24.6 Å². The van der Waals surface area contributed by atoms with E-state index in [2.05, 4.69) is 10.6 Å². The second kappa shape index (κ2) is 13.2. The maximum atomic E-state index is 13.5. The zero-order valence-electron chi connectivity index (χ0n) is 24.5. The van der Waals surface area contributed by atoms with Crippen molar-refractivity contribution in [2.24, 2.45) is 0 Å². The molecule has 4 rings (SSSR count). The molecule has 1 aliphatic heterocycles. The quantitative estimate of drug-likeness (QED) is 0.208. The van der Waals surface area contributed by atoms with Crippen LogP contribution in [-0.2, 0) is 28.4 Å². The van der Waals surface area contributed by atoms with Gasteiger partial charge in [0.1, 0.15) is 0 Å². The lowest BCUT2D eigenvalue weighted by atomic mass is 10.00. The predicted octanol–water partition coefficient (Wildman–Crippen LogP) is 4.84. The molecule has 42 heavy (non-hydrogen) atoms. The minimum Gasteiger partial charge on any atom is -0.354 e. The summed E-state index contributed by atoms with van der Waals surface area (Å²) >= 11 is 0. The molecule has 0 radical (unpaired) electrons. The van der Waals surface area contributed by atoms with Gasteiger partial charge in [-0.15, -0.1) is 0 Å². The van der Waals surface area contributed by atoms with Gasteiger partial charge in [-0.1, -0.05) is 30.3 Å². The molecule has 0 aliphatic carbocycles. The molecule has 1 amide bonds. The van der Waals surface area contributed by atoms with E-state index >= 15 is 0 Å². The lowest BCUT2D eigenvalue weighted by Crippen LogP contribution is -2.35. The molecule has 0 unspecified atom stereocenters. The minimum atomic E-state index is -3.60. The van der Waals surface area contributed by atoms with Gasteiger partial charge in [0.25, 0.3) is 5.91 Å². The van der Waals surface area contributed by atoms with Crippen LogP contribution in [0.3, 0.4) is 0 Å². The summed E-state index contributed by atoms with van der Waals surface area (Å²) in [5.74, 6) is -0.320. The Kier molecular flexibility index (Phi) is 9.91. The molecular formula is C30H37N4O6PS. The summed E-state index contributed by atoms with van der Waals surface area (Å²) < 4.78 is 51.0. The monoisotopic (exact) mass is 612 g/mol. The number of amides is 1. The van der Waals surface area contributed by atoms with Crippen LogP contribution in [0.15, 0.2) is 72.8 Å². The van der Waals surface area contributed by atoms with E-state index in [4.69, 9.17) is 9.05 Å². The van der Waals surface area contributed by atoms with Crippen LogP contribution >= 0.6 is 7.60 Å². The Balaban J connectivity index is 1.79. The van der Waals surface area contributed by atoms with Gasteiger partial charge in [0.15, 0.2) is 0 Å². The smallest absolute Gasteiger partial charge is 0.354 e. The molecule has 10 nitrogen and oxygen atoms in total. The molecule has 0 saturated heterocycles. The number of nitrogens with zero attached hydrogens (tertiary/aromatic N) is 2. The largest absolute Gasteiger partial charge is 0.361 e. The molecule has 3 aromatic rings. The van der Waals surface area contributed by atoms with Crippen molar-refractivity contribution in [3.05, 3.63) is 83.9 Å². The predicted molar refractivity (Wildman–Crippen MR) is 170 cm³/mol. The second-order valence-electron chi connectivity index (χ2n) is 9.94. The number of sulfonamides is 1. The van der Waals surface area contributed by atoms with Crippen LogP contribution in [0, 0.1) is 0 Å². The minimum absolute atomic E-state index is 0.201. The summed E-state index contributed by atoms with van der Waals surface area (Å²) in [6.07, 6.45) is 1.19. The molecule has 1 aliphatic rings. The van der Waals surface area contributed by atoms with E-state index in [0.717, 1.165) is 5.56 Å². The van der Waals surface area contributed by atoms with Crippen molar-refractivity contribution in [3.8, 4) is 0 Å². The van der Waals surface area contributed by atoms with E-state index in [0.29, 0.717) is 52.3 Å². The highest BCUT2D eigenvalue weighted by atomic mass is 32.2. The zero-order valence-corrected chi connectivity index (χ0v) is 26.2. The number of hydrogen-bond acceptors (Lipinski definition) is 8. The van der Waals surface area contributed by atoms with Gasteiger partial charge in [-0.3, -0.25) is 13.7 Å². The van der Waals surface area contributed by atoms with Gasteiger partial charge in [0.05, 0.1) is 41.7 Å². The van der Waals surface area contributed by atoms with Crippen LogP contribution in [0.25, 0.3) is 11.3 Å². The molecule has 2 N–H and O–H groups in total. The molecule has 1 heterocycles. The summed E-state index contributed by atoms with van der Waals surface area (Å²) in [5.41, 5.74) is 3.98. The van der Waals surface area contributed by atoms with Crippen molar-refractivity contribution >= 4 is 57.2 Å². The summed E-state index contributed by atoms with van der Waals surface area (Å²) in [4.78, 5) is 15.3. The van der Waals surface area contributed by atoms with Crippen molar-refractivity contribution in [1.29, 1.82) is 0 Å². The molecule has 0 atom stereocenters. The molecule has 3 aromatic carbocycles. The first-order valence-corrected chi connectivity index (χ1v) is 17.0. The fourth-order valence-corrected chi connectivity index (χ4v) is 7.13. The van der Waals surface area contributed by atoms with Crippen LogP contribution in [-0.4, -0.2) is 65.9 Å². The highest BCUT2D eigenvalue weighted by Gasteiger charge is 2.33. The molecular weight excluding hydrogens is 575 g/mol. The van der Waals surface area contributed by atoms with Gasteiger partial charge in [-0.05, 0) is 76.0 Å². The average molecular weight is 613 g/mol. The van der Waals surface area contributed by atoms with Crippen LogP contribution in [0.2, 0.25) is 0 Å². The van der Waals surface area contributed by atoms with E-state index in [1.807, 2.05) is 49.3 Å². The number of rotatable bonds is 13. The Labute approximate surface area is 247 Å².